The number of carbonyl (C=O) groups excluding carboxylic acids is 1. The van der Waals surface area contributed by atoms with Crippen LogP contribution in [0.4, 0.5) is 8.78 Å². The molecule has 1 aromatic rings. The van der Waals surface area contributed by atoms with Crippen molar-refractivity contribution in [2.24, 2.45) is 5.73 Å². The topological polar surface area (TPSA) is 64.3 Å². The fourth-order valence-corrected chi connectivity index (χ4v) is 1.56. The maximum atomic E-state index is 13.1. The average molecular weight is 272 g/mol. The molecule has 0 fully saturated rings. The number of amides is 1. The summed E-state index contributed by atoms with van der Waals surface area (Å²) in [5.41, 5.74) is 6.14. The number of nitrogens with two attached hydrogens (primary N) is 1. The monoisotopic (exact) mass is 272 g/mol. The highest BCUT2D eigenvalue weighted by Gasteiger charge is 2.17. The Hall–Kier alpha value is -1.53. The second kappa shape index (κ2) is 7.16. The van der Waals surface area contributed by atoms with Crippen LogP contribution in [-0.4, -0.2) is 25.7 Å². The number of carbonyl (C=O) groups is 1. The van der Waals surface area contributed by atoms with E-state index in [0.29, 0.717) is 18.6 Å². The minimum atomic E-state index is -0.942. The van der Waals surface area contributed by atoms with E-state index >= 15 is 0 Å². The van der Waals surface area contributed by atoms with Crippen LogP contribution < -0.4 is 11.1 Å². The van der Waals surface area contributed by atoms with Gasteiger partial charge < -0.3 is 15.8 Å². The molecule has 0 bridgehead atoms. The summed E-state index contributed by atoms with van der Waals surface area (Å²) in [6, 6.07) is 2.37. The van der Waals surface area contributed by atoms with Crippen LogP contribution in [0, 0.1) is 11.6 Å². The Labute approximate surface area is 110 Å². The third-order valence-corrected chi connectivity index (χ3v) is 2.77. The summed E-state index contributed by atoms with van der Waals surface area (Å²) in [6.07, 6.45) is 0.396. The van der Waals surface area contributed by atoms with Gasteiger partial charge in [-0.05, 0) is 31.0 Å². The number of hydrogen-bond acceptors (Lipinski definition) is 3. The number of ether oxygens (including phenoxy) is 1. The molecule has 1 rings (SSSR count). The summed E-state index contributed by atoms with van der Waals surface area (Å²) in [6.45, 7) is 2.06. The molecule has 0 aromatic heterocycles. The number of hydrogen-bond donors (Lipinski definition) is 2. The normalized spacial score (nSPS) is 13.9. The molecule has 1 amide bonds. The second-order valence-electron chi connectivity index (χ2n) is 4.29. The minimum Gasteiger partial charge on any atom is -0.385 e. The molecule has 2 atom stereocenters. The van der Waals surface area contributed by atoms with E-state index in [1.165, 1.54) is 13.2 Å². The summed E-state index contributed by atoms with van der Waals surface area (Å²) in [5.74, 6) is -2.21. The number of benzene rings is 1. The van der Waals surface area contributed by atoms with Gasteiger partial charge in [-0.15, -0.1) is 0 Å². The quantitative estimate of drug-likeness (QED) is 0.825. The molecule has 2 unspecified atom stereocenters. The lowest BCUT2D eigenvalue weighted by molar-refractivity contribution is -0.123. The van der Waals surface area contributed by atoms with Crippen LogP contribution in [0.25, 0.3) is 0 Å². The van der Waals surface area contributed by atoms with E-state index in [-0.39, 0.29) is 5.91 Å². The summed E-state index contributed by atoms with van der Waals surface area (Å²) >= 11 is 0. The summed E-state index contributed by atoms with van der Waals surface area (Å²) in [7, 11) is 1.52. The lowest BCUT2D eigenvalue weighted by atomic mass is 10.1. The van der Waals surface area contributed by atoms with Crippen LogP contribution in [0.2, 0.25) is 0 Å². The number of halogens is 2. The molecule has 106 valence electrons. The Morgan fingerprint density at radius 1 is 1.42 bits per heavy atom. The second-order valence-corrected chi connectivity index (χ2v) is 4.29. The molecule has 6 heteroatoms. The van der Waals surface area contributed by atoms with Crippen molar-refractivity contribution in [2.45, 2.75) is 25.4 Å². The molecular formula is C13H18F2N2O2. The molecular weight excluding hydrogens is 254 g/mol. The van der Waals surface area contributed by atoms with E-state index in [9.17, 15) is 13.6 Å². The molecule has 0 radical (unpaired) electrons. The SMILES string of the molecule is COCCC(N)C(=O)NC(C)c1ccc(F)c(F)c1. The summed E-state index contributed by atoms with van der Waals surface area (Å²) in [5, 5.41) is 2.64. The zero-order valence-corrected chi connectivity index (χ0v) is 11.0. The van der Waals surface area contributed by atoms with Crippen molar-refractivity contribution in [3.05, 3.63) is 35.4 Å². The first-order valence-electron chi connectivity index (χ1n) is 5.95. The van der Waals surface area contributed by atoms with Gasteiger partial charge in [-0.2, -0.15) is 0 Å². The van der Waals surface area contributed by atoms with Gasteiger partial charge >= 0.3 is 0 Å². The van der Waals surface area contributed by atoms with Gasteiger partial charge in [0.2, 0.25) is 5.91 Å². The van der Waals surface area contributed by atoms with Gasteiger partial charge in [0, 0.05) is 13.7 Å². The van der Waals surface area contributed by atoms with E-state index in [1.54, 1.807) is 6.92 Å². The van der Waals surface area contributed by atoms with Gasteiger partial charge in [0.05, 0.1) is 12.1 Å². The standard InChI is InChI=1S/C13H18F2N2O2/c1-8(9-3-4-10(14)11(15)7-9)17-13(18)12(16)5-6-19-2/h3-4,7-8,12H,5-6,16H2,1-2H3,(H,17,18). The summed E-state index contributed by atoms with van der Waals surface area (Å²) < 4.78 is 30.7. The van der Waals surface area contributed by atoms with E-state index in [0.717, 1.165) is 12.1 Å². The Balaban J connectivity index is 2.60. The Kier molecular flexibility index (Phi) is 5.85. The maximum Gasteiger partial charge on any atom is 0.237 e. The highest BCUT2D eigenvalue weighted by molar-refractivity contribution is 5.81. The lowest BCUT2D eigenvalue weighted by Gasteiger charge is -2.18. The Morgan fingerprint density at radius 3 is 2.68 bits per heavy atom. The molecule has 0 saturated heterocycles. The zero-order valence-electron chi connectivity index (χ0n) is 11.0. The van der Waals surface area contributed by atoms with Crippen molar-refractivity contribution in [1.82, 2.24) is 5.32 Å². The van der Waals surface area contributed by atoms with Crippen molar-refractivity contribution >= 4 is 5.91 Å². The van der Waals surface area contributed by atoms with Crippen molar-refractivity contribution in [3.63, 3.8) is 0 Å². The predicted molar refractivity (Wildman–Crippen MR) is 67.4 cm³/mol. The van der Waals surface area contributed by atoms with Crippen LogP contribution in [0.3, 0.4) is 0 Å². The van der Waals surface area contributed by atoms with E-state index in [4.69, 9.17) is 10.5 Å². The molecule has 0 spiro atoms. The number of nitrogens with one attached hydrogen (secondary N) is 1. The molecule has 0 heterocycles. The zero-order chi connectivity index (χ0) is 14.4. The smallest absolute Gasteiger partial charge is 0.237 e. The average Bonchev–Trinajstić information content (AvgIpc) is 2.38. The van der Waals surface area contributed by atoms with E-state index in [2.05, 4.69) is 5.32 Å². The van der Waals surface area contributed by atoms with Gasteiger partial charge in [-0.25, -0.2) is 8.78 Å². The van der Waals surface area contributed by atoms with Crippen LogP contribution >= 0.6 is 0 Å². The maximum absolute atomic E-state index is 13.1. The molecule has 0 saturated carbocycles. The molecule has 0 aliphatic heterocycles. The van der Waals surface area contributed by atoms with Crippen molar-refractivity contribution < 1.29 is 18.3 Å². The molecule has 19 heavy (non-hydrogen) atoms. The fraction of sp³-hybridized carbons (Fsp3) is 0.462. The molecule has 1 aromatic carbocycles. The van der Waals surface area contributed by atoms with Gasteiger partial charge in [-0.3, -0.25) is 4.79 Å². The third-order valence-electron chi connectivity index (χ3n) is 2.77. The predicted octanol–water partition coefficient (Wildman–Crippen LogP) is 1.51. The van der Waals surface area contributed by atoms with Gasteiger partial charge in [0.25, 0.3) is 0 Å². The van der Waals surface area contributed by atoms with Crippen molar-refractivity contribution in [1.29, 1.82) is 0 Å². The largest absolute Gasteiger partial charge is 0.385 e. The third kappa shape index (κ3) is 4.57. The summed E-state index contributed by atoms with van der Waals surface area (Å²) in [4.78, 5) is 11.7. The van der Waals surface area contributed by atoms with Crippen LogP contribution in [0.5, 0.6) is 0 Å². The number of rotatable bonds is 6. The van der Waals surface area contributed by atoms with Crippen molar-refractivity contribution in [3.8, 4) is 0 Å². The molecule has 3 N–H and O–H groups in total. The van der Waals surface area contributed by atoms with Crippen LogP contribution in [0.15, 0.2) is 18.2 Å². The molecule has 0 aliphatic rings. The first-order valence-corrected chi connectivity index (χ1v) is 5.95. The minimum absolute atomic E-state index is 0.353. The Bertz CT molecular complexity index is 441. The lowest BCUT2D eigenvalue weighted by Crippen LogP contribution is -2.42. The highest BCUT2D eigenvalue weighted by atomic mass is 19.2. The molecule has 4 nitrogen and oxygen atoms in total. The molecule has 0 aliphatic carbocycles. The number of methoxy groups -OCH3 is 1. The van der Waals surface area contributed by atoms with Gasteiger partial charge in [-0.1, -0.05) is 6.07 Å². The van der Waals surface area contributed by atoms with E-state index < -0.39 is 23.7 Å². The highest BCUT2D eigenvalue weighted by Crippen LogP contribution is 2.16. The van der Waals surface area contributed by atoms with Crippen molar-refractivity contribution in [2.75, 3.05) is 13.7 Å². The van der Waals surface area contributed by atoms with Gasteiger partial charge in [0.1, 0.15) is 0 Å². The van der Waals surface area contributed by atoms with Gasteiger partial charge in [0.15, 0.2) is 11.6 Å². The first kappa shape index (κ1) is 15.5. The Morgan fingerprint density at radius 2 is 2.11 bits per heavy atom. The fourth-order valence-electron chi connectivity index (χ4n) is 1.56. The van der Waals surface area contributed by atoms with E-state index in [1.807, 2.05) is 0 Å². The van der Waals surface area contributed by atoms with Crippen LogP contribution in [0.1, 0.15) is 24.9 Å². The first-order chi connectivity index (χ1) is 8.95. The van der Waals surface area contributed by atoms with Crippen LogP contribution in [-0.2, 0) is 9.53 Å².